The Morgan fingerprint density at radius 3 is 2.94 bits per heavy atom. The van der Waals surface area contributed by atoms with E-state index in [4.69, 9.17) is 4.74 Å². The summed E-state index contributed by atoms with van der Waals surface area (Å²) in [4.78, 5) is 14.4. The van der Waals surface area contributed by atoms with Gasteiger partial charge in [-0.3, -0.25) is 4.79 Å². The molecule has 0 saturated carbocycles. The molecule has 0 aromatic heterocycles. The standard InChI is InChI=1S/C13H24N2O2.ClH/c1-3-12-9-15(6-7-17-12)13(16)11-4-5-14-10(2)8-11;/h10-12,14H,3-9H2,1-2H3;1H/t10-,11-,12?;/m0./s1. The molecule has 1 amide bonds. The molecular formula is C13H25ClN2O2. The van der Waals surface area contributed by atoms with Crippen LogP contribution in [0.25, 0.3) is 0 Å². The molecule has 0 aromatic carbocycles. The summed E-state index contributed by atoms with van der Waals surface area (Å²) in [6.45, 7) is 7.50. The van der Waals surface area contributed by atoms with Crippen LogP contribution in [0.4, 0.5) is 0 Å². The van der Waals surface area contributed by atoms with Gasteiger partial charge < -0.3 is 15.0 Å². The van der Waals surface area contributed by atoms with Gasteiger partial charge >= 0.3 is 0 Å². The molecule has 2 saturated heterocycles. The van der Waals surface area contributed by atoms with E-state index in [-0.39, 0.29) is 24.4 Å². The third-order valence-electron chi connectivity index (χ3n) is 3.88. The van der Waals surface area contributed by atoms with Gasteiger partial charge in [0, 0.05) is 25.0 Å². The molecule has 1 N–H and O–H groups in total. The van der Waals surface area contributed by atoms with Crippen LogP contribution in [0.1, 0.15) is 33.1 Å². The fraction of sp³-hybridized carbons (Fsp3) is 0.923. The van der Waals surface area contributed by atoms with Crippen molar-refractivity contribution >= 4 is 18.3 Å². The van der Waals surface area contributed by atoms with E-state index in [1.165, 1.54) is 0 Å². The maximum absolute atomic E-state index is 12.4. The van der Waals surface area contributed by atoms with Crippen LogP contribution in [0.15, 0.2) is 0 Å². The highest BCUT2D eigenvalue weighted by Gasteiger charge is 2.31. The number of hydrogen-bond acceptors (Lipinski definition) is 3. The molecule has 0 spiro atoms. The molecule has 0 bridgehead atoms. The lowest BCUT2D eigenvalue weighted by atomic mass is 9.91. The molecule has 18 heavy (non-hydrogen) atoms. The number of carbonyl (C=O) groups is 1. The maximum Gasteiger partial charge on any atom is 0.225 e. The average molecular weight is 277 g/mol. The number of nitrogens with one attached hydrogen (secondary N) is 1. The molecule has 106 valence electrons. The van der Waals surface area contributed by atoms with Crippen LogP contribution in [-0.4, -0.2) is 49.2 Å². The topological polar surface area (TPSA) is 41.6 Å². The fourth-order valence-electron chi connectivity index (χ4n) is 2.78. The van der Waals surface area contributed by atoms with Crippen molar-refractivity contribution in [1.29, 1.82) is 0 Å². The van der Waals surface area contributed by atoms with E-state index in [9.17, 15) is 4.79 Å². The highest BCUT2D eigenvalue weighted by molar-refractivity contribution is 5.85. The molecule has 5 heteroatoms. The van der Waals surface area contributed by atoms with Crippen molar-refractivity contribution < 1.29 is 9.53 Å². The van der Waals surface area contributed by atoms with Gasteiger partial charge in [0.25, 0.3) is 0 Å². The van der Waals surface area contributed by atoms with Crippen LogP contribution in [0.5, 0.6) is 0 Å². The average Bonchev–Trinajstić information content (AvgIpc) is 2.38. The van der Waals surface area contributed by atoms with E-state index in [0.29, 0.717) is 18.6 Å². The van der Waals surface area contributed by atoms with Crippen molar-refractivity contribution in [1.82, 2.24) is 10.2 Å². The lowest BCUT2D eigenvalue weighted by molar-refractivity contribution is -0.144. The fourth-order valence-corrected chi connectivity index (χ4v) is 2.78. The van der Waals surface area contributed by atoms with Gasteiger partial charge in [0.2, 0.25) is 5.91 Å². The smallest absolute Gasteiger partial charge is 0.225 e. The molecule has 0 aromatic rings. The first-order valence-electron chi connectivity index (χ1n) is 6.84. The Balaban J connectivity index is 0.00000162. The number of ether oxygens (including phenoxy) is 1. The Hall–Kier alpha value is -0.320. The molecule has 4 nitrogen and oxygen atoms in total. The van der Waals surface area contributed by atoms with E-state index < -0.39 is 0 Å². The lowest BCUT2D eigenvalue weighted by Crippen LogP contribution is -2.50. The second-order valence-corrected chi connectivity index (χ2v) is 5.26. The first kappa shape index (κ1) is 15.7. The molecule has 0 radical (unpaired) electrons. The van der Waals surface area contributed by atoms with Gasteiger partial charge in [0.1, 0.15) is 0 Å². The maximum atomic E-state index is 12.4. The zero-order valence-electron chi connectivity index (χ0n) is 11.4. The summed E-state index contributed by atoms with van der Waals surface area (Å²) in [6, 6.07) is 0.473. The van der Waals surface area contributed by atoms with Crippen LogP contribution >= 0.6 is 12.4 Å². The van der Waals surface area contributed by atoms with Crippen LogP contribution < -0.4 is 5.32 Å². The van der Waals surface area contributed by atoms with Crippen LogP contribution in [-0.2, 0) is 9.53 Å². The zero-order valence-corrected chi connectivity index (χ0v) is 12.2. The molecular weight excluding hydrogens is 252 g/mol. The van der Waals surface area contributed by atoms with E-state index in [2.05, 4.69) is 19.2 Å². The predicted octanol–water partition coefficient (Wildman–Crippen LogP) is 1.43. The second-order valence-electron chi connectivity index (χ2n) is 5.26. The van der Waals surface area contributed by atoms with Gasteiger partial charge in [-0.15, -0.1) is 12.4 Å². The Bertz CT molecular complexity index is 276. The highest BCUT2D eigenvalue weighted by atomic mass is 35.5. The Morgan fingerprint density at radius 1 is 1.50 bits per heavy atom. The number of amides is 1. The number of morpholine rings is 1. The first-order chi connectivity index (χ1) is 8.20. The van der Waals surface area contributed by atoms with Gasteiger partial charge in [-0.1, -0.05) is 6.92 Å². The van der Waals surface area contributed by atoms with Crippen molar-refractivity contribution in [3.8, 4) is 0 Å². The molecule has 2 heterocycles. The molecule has 2 fully saturated rings. The third-order valence-corrected chi connectivity index (χ3v) is 3.88. The van der Waals surface area contributed by atoms with Crippen LogP contribution in [0.3, 0.4) is 0 Å². The largest absolute Gasteiger partial charge is 0.375 e. The molecule has 1 unspecified atom stereocenters. The van der Waals surface area contributed by atoms with E-state index in [1.54, 1.807) is 0 Å². The summed E-state index contributed by atoms with van der Waals surface area (Å²) in [6.07, 6.45) is 3.20. The van der Waals surface area contributed by atoms with Gasteiger partial charge in [0.05, 0.1) is 12.7 Å². The van der Waals surface area contributed by atoms with Gasteiger partial charge in [-0.2, -0.15) is 0 Å². The normalized spacial score (nSPS) is 32.8. The molecule has 2 aliphatic rings. The zero-order chi connectivity index (χ0) is 12.3. The summed E-state index contributed by atoms with van der Waals surface area (Å²) in [5.41, 5.74) is 0. The quantitative estimate of drug-likeness (QED) is 0.830. The summed E-state index contributed by atoms with van der Waals surface area (Å²) >= 11 is 0. The van der Waals surface area contributed by atoms with Crippen molar-refractivity contribution in [2.24, 2.45) is 5.92 Å². The number of piperidine rings is 1. The van der Waals surface area contributed by atoms with Gasteiger partial charge in [0.15, 0.2) is 0 Å². The van der Waals surface area contributed by atoms with Crippen LogP contribution in [0.2, 0.25) is 0 Å². The number of carbonyl (C=O) groups excluding carboxylic acids is 1. The number of rotatable bonds is 2. The van der Waals surface area contributed by atoms with E-state index in [0.717, 1.165) is 38.9 Å². The minimum absolute atomic E-state index is 0. The lowest BCUT2D eigenvalue weighted by Gasteiger charge is -2.36. The molecule has 2 aliphatic heterocycles. The van der Waals surface area contributed by atoms with Crippen molar-refractivity contribution in [2.45, 2.75) is 45.3 Å². The summed E-state index contributed by atoms with van der Waals surface area (Å²) in [5, 5.41) is 3.39. The molecule has 2 rings (SSSR count). The number of hydrogen-bond donors (Lipinski definition) is 1. The van der Waals surface area contributed by atoms with Gasteiger partial charge in [-0.05, 0) is 32.7 Å². The van der Waals surface area contributed by atoms with Crippen LogP contribution in [0, 0.1) is 5.92 Å². The first-order valence-corrected chi connectivity index (χ1v) is 6.84. The van der Waals surface area contributed by atoms with Crippen molar-refractivity contribution in [3.63, 3.8) is 0 Å². The number of halogens is 1. The monoisotopic (exact) mass is 276 g/mol. The minimum Gasteiger partial charge on any atom is -0.375 e. The summed E-state index contributed by atoms with van der Waals surface area (Å²) in [5.74, 6) is 0.571. The number of nitrogens with zero attached hydrogens (tertiary/aromatic N) is 1. The predicted molar refractivity (Wildman–Crippen MR) is 74.0 cm³/mol. The van der Waals surface area contributed by atoms with Gasteiger partial charge in [-0.25, -0.2) is 0 Å². The third kappa shape index (κ3) is 3.84. The molecule has 0 aliphatic carbocycles. The summed E-state index contributed by atoms with van der Waals surface area (Å²) in [7, 11) is 0. The SMILES string of the molecule is CCC1CN(C(=O)[C@H]2CCN[C@@H](C)C2)CCO1.Cl. The Labute approximate surface area is 116 Å². The van der Waals surface area contributed by atoms with E-state index >= 15 is 0 Å². The Kier molecular flexibility index (Phi) is 6.39. The second kappa shape index (κ2) is 7.31. The Morgan fingerprint density at radius 2 is 2.28 bits per heavy atom. The van der Waals surface area contributed by atoms with E-state index in [1.807, 2.05) is 4.90 Å². The summed E-state index contributed by atoms with van der Waals surface area (Å²) < 4.78 is 5.61. The van der Waals surface area contributed by atoms with Crippen molar-refractivity contribution in [2.75, 3.05) is 26.2 Å². The van der Waals surface area contributed by atoms with Crippen molar-refractivity contribution in [3.05, 3.63) is 0 Å². The highest BCUT2D eigenvalue weighted by Crippen LogP contribution is 2.20. The molecule has 3 atom stereocenters. The minimum atomic E-state index is 0.